The molecule has 9 heteroatoms. The Hall–Kier alpha value is -1.73. The van der Waals surface area contributed by atoms with E-state index < -0.39 is 15.9 Å². The number of carbonyl (C=O) groups is 1. The number of carbonyl (C=O) groups excluding carboxylic acids is 1. The molecule has 0 unspecified atom stereocenters. The molecule has 0 atom stereocenters. The van der Waals surface area contributed by atoms with Crippen molar-refractivity contribution in [2.75, 3.05) is 18.4 Å². The van der Waals surface area contributed by atoms with Crippen molar-refractivity contribution < 1.29 is 13.2 Å². The second-order valence-corrected chi connectivity index (χ2v) is 10.6. The zero-order valence-electron chi connectivity index (χ0n) is 14.7. The number of anilines is 1. The van der Waals surface area contributed by atoms with Crippen molar-refractivity contribution in [3.05, 3.63) is 32.3 Å². The molecule has 1 aliphatic heterocycles. The fourth-order valence-corrected chi connectivity index (χ4v) is 7.71. The van der Waals surface area contributed by atoms with Crippen LogP contribution in [0.1, 0.15) is 51.4 Å². The van der Waals surface area contributed by atoms with Gasteiger partial charge in [-0.3, -0.25) is 4.79 Å². The first-order valence-corrected chi connectivity index (χ1v) is 12.1. The quantitative estimate of drug-likeness (QED) is 0.817. The van der Waals surface area contributed by atoms with Crippen molar-refractivity contribution in [1.82, 2.24) is 4.31 Å². The summed E-state index contributed by atoms with van der Waals surface area (Å²) in [7, 11) is -3.66. The standard InChI is InChI=1S/C18H19N3O3S3/c19-11-13-12-5-1-2-6-14(12)26-18(13)20-17(22)16-15(7-10-25-16)27(23,24)21-8-3-4-9-21/h7,10H,1-6,8-9H2,(H,20,22). The molecule has 1 amide bonds. The van der Waals surface area contributed by atoms with Gasteiger partial charge in [-0.1, -0.05) is 0 Å². The maximum Gasteiger partial charge on any atom is 0.267 e. The Balaban J connectivity index is 1.63. The third-order valence-corrected chi connectivity index (χ3v) is 9.22. The van der Waals surface area contributed by atoms with Gasteiger partial charge in [0.25, 0.3) is 5.91 Å². The van der Waals surface area contributed by atoms with E-state index in [1.165, 1.54) is 21.7 Å². The fraction of sp³-hybridized carbons (Fsp3) is 0.444. The van der Waals surface area contributed by atoms with Gasteiger partial charge in [0, 0.05) is 18.0 Å². The number of amides is 1. The van der Waals surface area contributed by atoms with E-state index >= 15 is 0 Å². The molecule has 3 heterocycles. The first kappa shape index (κ1) is 18.6. The zero-order chi connectivity index (χ0) is 19.0. The Labute approximate surface area is 166 Å². The van der Waals surface area contributed by atoms with Crippen molar-refractivity contribution in [1.29, 1.82) is 5.26 Å². The van der Waals surface area contributed by atoms with Gasteiger partial charge in [0.05, 0.1) is 5.56 Å². The second-order valence-electron chi connectivity index (χ2n) is 6.71. The van der Waals surface area contributed by atoms with Gasteiger partial charge in [0.15, 0.2) is 0 Å². The molecule has 27 heavy (non-hydrogen) atoms. The molecular formula is C18H19N3O3S3. The third-order valence-electron chi connectivity index (χ3n) is 5.03. The fourth-order valence-electron chi connectivity index (χ4n) is 3.67. The second kappa shape index (κ2) is 7.36. The van der Waals surface area contributed by atoms with E-state index in [9.17, 15) is 18.5 Å². The van der Waals surface area contributed by atoms with Crippen molar-refractivity contribution in [2.45, 2.75) is 43.4 Å². The third kappa shape index (κ3) is 3.31. The molecule has 2 aromatic heterocycles. The molecule has 4 rings (SSSR count). The van der Waals surface area contributed by atoms with Gasteiger partial charge >= 0.3 is 0 Å². The van der Waals surface area contributed by atoms with Gasteiger partial charge in [-0.05, 0) is 55.5 Å². The Morgan fingerprint density at radius 3 is 2.67 bits per heavy atom. The Morgan fingerprint density at radius 2 is 1.93 bits per heavy atom. The lowest BCUT2D eigenvalue weighted by atomic mass is 9.96. The Bertz CT molecular complexity index is 1020. The lowest BCUT2D eigenvalue weighted by Gasteiger charge is -2.15. The summed E-state index contributed by atoms with van der Waals surface area (Å²) >= 11 is 2.56. The van der Waals surface area contributed by atoms with Crippen LogP contribution in [0.2, 0.25) is 0 Å². The first-order chi connectivity index (χ1) is 13.0. The minimum atomic E-state index is -3.66. The summed E-state index contributed by atoms with van der Waals surface area (Å²) in [5.41, 5.74) is 1.57. The number of hydrogen-bond donors (Lipinski definition) is 1. The molecule has 0 bridgehead atoms. The SMILES string of the molecule is N#Cc1c(NC(=O)c2sccc2S(=O)(=O)N2CCCC2)sc2c1CCCC2. The molecule has 142 valence electrons. The maximum absolute atomic E-state index is 12.9. The minimum absolute atomic E-state index is 0.0618. The summed E-state index contributed by atoms with van der Waals surface area (Å²) in [4.78, 5) is 14.2. The van der Waals surface area contributed by atoms with E-state index in [2.05, 4.69) is 11.4 Å². The van der Waals surface area contributed by atoms with E-state index in [1.807, 2.05) is 0 Å². The molecular weight excluding hydrogens is 402 g/mol. The van der Waals surface area contributed by atoms with Crippen LogP contribution in [0, 0.1) is 11.3 Å². The van der Waals surface area contributed by atoms with Crippen molar-refractivity contribution in [2.24, 2.45) is 0 Å². The topological polar surface area (TPSA) is 90.3 Å². The number of hydrogen-bond acceptors (Lipinski definition) is 6. The lowest BCUT2D eigenvalue weighted by Crippen LogP contribution is -2.29. The summed E-state index contributed by atoms with van der Waals surface area (Å²) in [5, 5.41) is 14.5. The van der Waals surface area contributed by atoms with Crippen LogP contribution in [0.3, 0.4) is 0 Å². The lowest BCUT2D eigenvalue weighted by molar-refractivity contribution is 0.102. The number of aryl methyl sites for hydroxylation is 1. The van der Waals surface area contributed by atoms with Gasteiger partial charge in [0.1, 0.15) is 20.8 Å². The molecule has 6 nitrogen and oxygen atoms in total. The van der Waals surface area contributed by atoms with Crippen LogP contribution in [0.25, 0.3) is 0 Å². The summed E-state index contributed by atoms with van der Waals surface area (Å²) in [6, 6.07) is 3.71. The molecule has 2 aliphatic rings. The highest BCUT2D eigenvalue weighted by Gasteiger charge is 2.32. The number of rotatable bonds is 4. The van der Waals surface area contributed by atoms with Crippen molar-refractivity contribution in [3.63, 3.8) is 0 Å². The predicted octanol–water partition coefficient (Wildman–Crippen LogP) is 3.60. The van der Waals surface area contributed by atoms with Gasteiger partial charge in [-0.2, -0.15) is 9.57 Å². The number of nitrogens with zero attached hydrogens (tertiary/aromatic N) is 2. The van der Waals surface area contributed by atoms with Crippen LogP contribution in [0.5, 0.6) is 0 Å². The highest BCUT2D eigenvalue weighted by Crippen LogP contribution is 2.38. The van der Waals surface area contributed by atoms with Gasteiger partial charge in [0.2, 0.25) is 10.0 Å². The van der Waals surface area contributed by atoms with Crippen LogP contribution in [-0.4, -0.2) is 31.7 Å². The predicted molar refractivity (Wildman–Crippen MR) is 106 cm³/mol. The largest absolute Gasteiger partial charge is 0.312 e. The van der Waals surface area contributed by atoms with Crippen LogP contribution in [0.4, 0.5) is 5.00 Å². The molecule has 0 spiro atoms. The van der Waals surface area contributed by atoms with Gasteiger partial charge in [-0.15, -0.1) is 22.7 Å². The zero-order valence-corrected chi connectivity index (χ0v) is 17.1. The summed E-state index contributed by atoms with van der Waals surface area (Å²) in [6.45, 7) is 0.991. The molecule has 0 aromatic carbocycles. The molecule has 1 N–H and O–H groups in total. The highest BCUT2D eigenvalue weighted by molar-refractivity contribution is 7.89. The number of fused-ring (bicyclic) bond motifs is 1. The smallest absolute Gasteiger partial charge is 0.267 e. The normalized spacial score (nSPS) is 17.4. The molecule has 1 aliphatic carbocycles. The average molecular weight is 422 g/mol. The van der Waals surface area contributed by atoms with Crippen molar-refractivity contribution >= 4 is 43.6 Å². The van der Waals surface area contributed by atoms with Gasteiger partial charge < -0.3 is 5.32 Å². The Morgan fingerprint density at radius 1 is 1.19 bits per heavy atom. The van der Waals surface area contributed by atoms with E-state index in [4.69, 9.17) is 0 Å². The first-order valence-electron chi connectivity index (χ1n) is 8.96. The van der Waals surface area contributed by atoms with E-state index in [-0.39, 0.29) is 9.77 Å². The minimum Gasteiger partial charge on any atom is -0.312 e. The van der Waals surface area contributed by atoms with Gasteiger partial charge in [-0.25, -0.2) is 8.42 Å². The summed E-state index contributed by atoms with van der Waals surface area (Å²) < 4.78 is 27.2. The summed E-state index contributed by atoms with van der Waals surface area (Å²) in [6.07, 6.45) is 5.62. The highest BCUT2D eigenvalue weighted by atomic mass is 32.2. The number of nitrogens with one attached hydrogen (secondary N) is 1. The average Bonchev–Trinajstić information content (AvgIpc) is 3.40. The molecule has 1 saturated heterocycles. The molecule has 2 aromatic rings. The van der Waals surface area contributed by atoms with Crippen LogP contribution < -0.4 is 5.32 Å². The molecule has 0 radical (unpaired) electrons. The Kier molecular flexibility index (Phi) is 5.07. The number of thiophene rings is 2. The van der Waals surface area contributed by atoms with Crippen molar-refractivity contribution in [3.8, 4) is 6.07 Å². The van der Waals surface area contributed by atoms with Crippen LogP contribution >= 0.6 is 22.7 Å². The monoisotopic (exact) mass is 421 g/mol. The van der Waals surface area contributed by atoms with E-state index in [0.717, 1.165) is 60.3 Å². The van der Waals surface area contributed by atoms with Crippen LogP contribution in [0.15, 0.2) is 16.3 Å². The number of nitriles is 1. The molecule has 0 saturated carbocycles. The summed E-state index contributed by atoms with van der Waals surface area (Å²) in [5.74, 6) is -0.460. The van der Waals surface area contributed by atoms with E-state index in [0.29, 0.717) is 23.7 Å². The number of sulfonamides is 1. The van der Waals surface area contributed by atoms with Crippen LogP contribution in [-0.2, 0) is 22.9 Å². The molecule has 1 fully saturated rings. The maximum atomic E-state index is 12.9. The van der Waals surface area contributed by atoms with E-state index in [1.54, 1.807) is 5.38 Å².